The number of carbonyl (C=O) groups excluding carboxylic acids is 1. The molecule has 0 aromatic carbocycles. The molecule has 0 bridgehead atoms. The van der Waals surface area contributed by atoms with Crippen molar-refractivity contribution in [2.24, 2.45) is 0 Å². The van der Waals surface area contributed by atoms with E-state index in [9.17, 15) is 4.79 Å². The van der Waals surface area contributed by atoms with Crippen LogP contribution in [0.5, 0.6) is 0 Å². The maximum Gasteiger partial charge on any atom is 0.338 e. The van der Waals surface area contributed by atoms with Crippen molar-refractivity contribution < 1.29 is 19.3 Å². The Hall–Kier alpha value is -0.610. The number of hydrogen-bond acceptors (Lipinski definition) is 4. The number of rotatable bonds is 6. The zero-order valence-electron chi connectivity index (χ0n) is 7.83. The molecule has 0 aromatic rings. The summed E-state index contributed by atoms with van der Waals surface area (Å²) in [6.07, 6.45) is -0.0383. The van der Waals surface area contributed by atoms with E-state index < -0.39 is 6.10 Å². The molecule has 0 aromatic heterocycles. The van der Waals surface area contributed by atoms with Gasteiger partial charge in [0, 0.05) is 0 Å². The topological polar surface area (TPSA) is 44.8 Å². The number of esters is 1. The first-order valence-corrected chi connectivity index (χ1v) is 4.21. The molecule has 1 unspecified atom stereocenters. The van der Waals surface area contributed by atoms with Crippen LogP contribution in [-0.4, -0.2) is 25.3 Å². The maximum absolute atomic E-state index is 11.1. The molecule has 0 heterocycles. The molecule has 4 heteroatoms. The Kier molecular flexibility index (Phi) is 6.70. The Morgan fingerprint density at radius 1 is 1.25 bits per heavy atom. The van der Waals surface area contributed by atoms with Crippen LogP contribution in [-0.2, 0) is 19.3 Å². The van der Waals surface area contributed by atoms with Gasteiger partial charge in [-0.3, -0.25) is 0 Å². The number of hydrogen-bond donors (Lipinski definition) is 0. The van der Waals surface area contributed by atoms with E-state index in [1.165, 1.54) is 0 Å². The first kappa shape index (κ1) is 11.4. The van der Waals surface area contributed by atoms with E-state index in [4.69, 9.17) is 9.62 Å². The summed E-state index contributed by atoms with van der Waals surface area (Å²) in [5, 5.41) is 0. The van der Waals surface area contributed by atoms with Crippen LogP contribution in [0.15, 0.2) is 0 Å². The minimum absolute atomic E-state index is 0.366. The third-order valence-corrected chi connectivity index (χ3v) is 1.22. The summed E-state index contributed by atoms with van der Waals surface area (Å²) in [6, 6.07) is 0. The molecule has 0 aliphatic heterocycles. The van der Waals surface area contributed by atoms with Gasteiger partial charge in [-0.1, -0.05) is 6.92 Å². The lowest BCUT2D eigenvalue weighted by molar-refractivity contribution is -0.318. The fourth-order valence-corrected chi connectivity index (χ4v) is 0.659. The molecule has 0 saturated heterocycles. The molecule has 0 rings (SSSR count). The van der Waals surface area contributed by atoms with E-state index >= 15 is 0 Å². The van der Waals surface area contributed by atoms with Crippen LogP contribution in [0.1, 0.15) is 27.2 Å². The highest BCUT2D eigenvalue weighted by atomic mass is 17.2. The first-order valence-electron chi connectivity index (χ1n) is 4.21. The van der Waals surface area contributed by atoms with Gasteiger partial charge < -0.3 is 4.74 Å². The lowest BCUT2D eigenvalue weighted by Gasteiger charge is -2.12. The number of carbonyl (C=O) groups is 1. The highest BCUT2D eigenvalue weighted by Crippen LogP contribution is 2.01. The maximum atomic E-state index is 11.1. The minimum Gasteiger partial charge on any atom is -0.464 e. The van der Waals surface area contributed by atoms with Crippen molar-refractivity contribution in [2.45, 2.75) is 33.3 Å². The Morgan fingerprint density at radius 2 is 1.92 bits per heavy atom. The van der Waals surface area contributed by atoms with Gasteiger partial charge in [-0.05, 0) is 20.3 Å². The Balaban J connectivity index is 3.71. The third kappa shape index (κ3) is 4.31. The molecule has 0 N–H and O–H groups in total. The van der Waals surface area contributed by atoms with Crippen molar-refractivity contribution in [3.05, 3.63) is 0 Å². The molecule has 0 spiro atoms. The molecule has 0 aliphatic rings. The minimum atomic E-state index is -0.593. The van der Waals surface area contributed by atoms with E-state index in [1.807, 2.05) is 6.92 Å². The molecule has 12 heavy (non-hydrogen) atoms. The lowest BCUT2D eigenvalue weighted by atomic mass is 10.3. The van der Waals surface area contributed by atoms with Gasteiger partial charge in [0.15, 0.2) is 6.10 Å². The van der Waals surface area contributed by atoms with Gasteiger partial charge in [-0.25, -0.2) is 14.6 Å². The number of ether oxygens (including phenoxy) is 1. The second-order valence-electron chi connectivity index (χ2n) is 2.15. The van der Waals surface area contributed by atoms with Gasteiger partial charge in [0.2, 0.25) is 0 Å². The highest BCUT2D eigenvalue weighted by molar-refractivity contribution is 5.74. The van der Waals surface area contributed by atoms with Crippen molar-refractivity contribution in [3.8, 4) is 0 Å². The Morgan fingerprint density at radius 3 is 2.33 bits per heavy atom. The summed E-state index contributed by atoms with van der Waals surface area (Å²) >= 11 is 0. The van der Waals surface area contributed by atoms with Crippen molar-refractivity contribution in [1.82, 2.24) is 0 Å². The SMILES string of the molecule is CCOOC(CC)C(=O)OCC. The van der Waals surface area contributed by atoms with Crippen LogP contribution < -0.4 is 0 Å². The molecule has 0 saturated carbocycles. The summed E-state index contributed by atoms with van der Waals surface area (Å²) < 4.78 is 4.75. The molecular formula is C8H16O4. The summed E-state index contributed by atoms with van der Waals surface area (Å²) in [5.74, 6) is -0.367. The van der Waals surface area contributed by atoms with E-state index in [1.54, 1.807) is 13.8 Å². The van der Waals surface area contributed by atoms with Gasteiger partial charge in [-0.15, -0.1) is 0 Å². The predicted octanol–water partition coefficient (Wildman–Crippen LogP) is 1.30. The summed E-state index contributed by atoms with van der Waals surface area (Å²) in [7, 11) is 0. The molecule has 0 radical (unpaired) electrons. The second kappa shape index (κ2) is 7.06. The molecule has 0 amide bonds. The zero-order chi connectivity index (χ0) is 9.40. The van der Waals surface area contributed by atoms with Gasteiger partial charge in [0.25, 0.3) is 0 Å². The molecule has 4 nitrogen and oxygen atoms in total. The Bertz CT molecular complexity index is 124. The van der Waals surface area contributed by atoms with Gasteiger partial charge in [-0.2, -0.15) is 0 Å². The van der Waals surface area contributed by atoms with E-state index in [0.29, 0.717) is 19.6 Å². The lowest BCUT2D eigenvalue weighted by Crippen LogP contribution is -2.26. The smallest absolute Gasteiger partial charge is 0.338 e. The van der Waals surface area contributed by atoms with Gasteiger partial charge in [0.05, 0.1) is 13.2 Å². The monoisotopic (exact) mass is 176 g/mol. The van der Waals surface area contributed by atoms with Crippen LogP contribution in [0.25, 0.3) is 0 Å². The Labute approximate surface area is 72.7 Å². The van der Waals surface area contributed by atoms with Gasteiger partial charge in [0.1, 0.15) is 0 Å². The average Bonchev–Trinajstić information content (AvgIpc) is 2.06. The fourth-order valence-electron chi connectivity index (χ4n) is 0.659. The molecule has 0 aliphatic carbocycles. The summed E-state index contributed by atoms with van der Waals surface area (Å²) in [6.45, 7) is 6.17. The molecular weight excluding hydrogens is 160 g/mol. The molecule has 0 fully saturated rings. The van der Waals surface area contributed by atoms with Crippen molar-refractivity contribution in [1.29, 1.82) is 0 Å². The average molecular weight is 176 g/mol. The molecule has 1 atom stereocenters. The van der Waals surface area contributed by atoms with E-state index in [2.05, 4.69) is 4.89 Å². The zero-order valence-corrected chi connectivity index (χ0v) is 7.83. The van der Waals surface area contributed by atoms with E-state index in [0.717, 1.165) is 0 Å². The van der Waals surface area contributed by atoms with E-state index in [-0.39, 0.29) is 5.97 Å². The molecule has 72 valence electrons. The van der Waals surface area contributed by atoms with Crippen LogP contribution in [0, 0.1) is 0 Å². The first-order chi connectivity index (χ1) is 5.76. The van der Waals surface area contributed by atoms with Crippen LogP contribution in [0.4, 0.5) is 0 Å². The predicted molar refractivity (Wildman–Crippen MR) is 43.4 cm³/mol. The van der Waals surface area contributed by atoms with Crippen molar-refractivity contribution in [3.63, 3.8) is 0 Å². The summed E-state index contributed by atoms with van der Waals surface area (Å²) in [5.41, 5.74) is 0. The van der Waals surface area contributed by atoms with Crippen molar-refractivity contribution >= 4 is 5.97 Å². The van der Waals surface area contributed by atoms with Gasteiger partial charge >= 0.3 is 5.97 Å². The van der Waals surface area contributed by atoms with Crippen LogP contribution >= 0.6 is 0 Å². The highest BCUT2D eigenvalue weighted by Gasteiger charge is 2.18. The third-order valence-electron chi connectivity index (χ3n) is 1.22. The largest absolute Gasteiger partial charge is 0.464 e. The quantitative estimate of drug-likeness (QED) is 0.347. The summed E-state index contributed by atoms with van der Waals surface area (Å²) in [4.78, 5) is 20.5. The normalized spacial score (nSPS) is 12.6. The van der Waals surface area contributed by atoms with Crippen molar-refractivity contribution in [2.75, 3.05) is 13.2 Å². The second-order valence-corrected chi connectivity index (χ2v) is 2.15. The van der Waals surface area contributed by atoms with Crippen LogP contribution in [0.3, 0.4) is 0 Å². The standard InChI is InChI=1S/C8H16O4/c1-4-7(12-11-6-3)8(9)10-5-2/h7H,4-6H2,1-3H3. The fraction of sp³-hybridized carbons (Fsp3) is 0.875. The van der Waals surface area contributed by atoms with Crippen LogP contribution in [0.2, 0.25) is 0 Å².